The molecule has 0 amide bonds. The summed E-state index contributed by atoms with van der Waals surface area (Å²) in [5, 5.41) is 15.5. The molecule has 2 saturated carbocycles. The van der Waals surface area contributed by atoms with Gasteiger partial charge >= 0.3 is 33.3 Å². The number of rotatable bonds is 0. The number of hydrogen-bond donors (Lipinski definition) is 4. The first-order valence-corrected chi connectivity index (χ1v) is 15.2. The van der Waals surface area contributed by atoms with E-state index in [0.717, 1.165) is 13.1 Å². The summed E-state index contributed by atoms with van der Waals surface area (Å²) in [4.78, 5) is 5.06. The van der Waals surface area contributed by atoms with Gasteiger partial charge in [0.15, 0.2) is 0 Å². The van der Waals surface area contributed by atoms with Gasteiger partial charge in [0.05, 0.1) is 11.4 Å². The van der Waals surface area contributed by atoms with Crippen molar-refractivity contribution in [2.45, 2.75) is 101 Å². The van der Waals surface area contributed by atoms with E-state index < -0.39 is 0 Å². The standard InChI is InChI=1S/C23H39N5.2ClH.Mn/c1-16-18-12-7-13-19(28-18)17(2)27-23-11-6-4-9-21(23)25-15-14-24-20-8-3-5-10-22(20)26-16;;;/h7,12-13,16-17,20-27H,3-6,8-11,14-15H2,1-2H3;2*1H;/q;;;+2/p-2/t16-,17-,20?,21?,22+,23?;;;/m0.../s1. The van der Waals surface area contributed by atoms with Crippen molar-refractivity contribution in [1.29, 1.82) is 0 Å². The second-order valence-corrected chi connectivity index (χ2v) is 11.2. The van der Waals surface area contributed by atoms with Gasteiger partial charge in [0, 0.05) is 49.3 Å². The third kappa shape index (κ3) is 7.82. The number of fused-ring (bicyclic) bond motifs is 4. The molecule has 2 aliphatic carbocycles. The number of pyridine rings is 1. The van der Waals surface area contributed by atoms with Crippen LogP contribution in [0.4, 0.5) is 0 Å². The van der Waals surface area contributed by atoms with Gasteiger partial charge in [0.2, 0.25) is 0 Å². The van der Waals surface area contributed by atoms with E-state index in [-0.39, 0.29) is 25.2 Å². The summed E-state index contributed by atoms with van der Waals surface area (Å²) in [6, 6.07) is 9.34. The molecule has 4 N–H and O–H groups in total. The number of aromatic nitrogens is 1. The molecule has 2 heterocycles. The van der Waals surface area contributed by atoms with Crippen molar-refractivity contribution in [2.24, 2.45) is 0 Å². The molecule has 3 aliphatic rings. The second-order valence-electron chi connectivity index (χ2n) is 9.22. The first-order valence-electron chi connectivity index (χ1n) is 11.9. The van der Waals surface area contributed by atoms with Crippen LogP contribution in [0.5, 0.6) is 0 Å². The number of nitrogens with zero attached hydrogens (tertiary/aromatic N) is 1. The minimum absolute atomic E-state index is 0.00694. The summed E-state index contributed by atoms with van der Waals surface area (Å²) in [5.41, 5.74) is 2.34. The van der Waals surface area contributed by atoms with Crippen LogP contribution in [0.25, 0.3) is 0 Å². The van der Waals surface area contributed by atoms with Crippen molar-refractivity contribution >= 4 is 20.2 Å². The molecule has 2 fully saturated rings. The number of hydrogen-bond acceptors (Lipinski definition) is 5. The summed E-state index contributed by atoms with van der Waals surface area (Å²) >= 11 is 0.00694. The first-order chi connectivity index (χ1) is 15.1. The molecule has 0 saturated heterocycles. The molecule has 5 nitrogen and oxygen atoms in total. The predicted molar refractivity (Wildman–Crippen MR) is 127 cm³/mol. The third-order valence-corrected chi connectivity index (χ3v) is 7.08. The van der Waals surface area contributed by atoms with Gasteiger partial charge in [0.25, 0.3) is 0 Å². The van der Waals surface area contributed by atoms with Crippen LogP contribution in [0.1, 0.15) is 88.7 Å². The van der Waals surface area contributed by atoms with E-state index in [4.69, 9.17) is 25.2 Å². The van der Waals surface area contributed by atoms with Crippen LogP contribution in [0, 0.1) is 0 Å². The Morgan fingerprint density at radius 2 is 1.13 bits per heavy atom. The topological polar surface area (TPSA) is 61.0 Å². The zero-order valence-electron chi connectivity index (χ0n) is 18.8. The second kappa shape index (κ2) is 13.7. The molecule has 0 spiro atoms. The SMILES string of the molecule is C[C@@H]1NC2CCCCC2NCCNC2CCCC[C@H]2N[C@@H](C)c2cccc1n2.[Cl][Mn][Cl]. The van der Waals surface area contributed by atoms with Gasteiger partial charge in [-0.3, -0.25) is 4.98 Å². The zero-order chi connectivity index (χ0) is 22.1. The van der Waals surface area contributed by atoms with Crippen molar-refractivity contribution in [3.63, 3.8) is 0 Å². The van der Waals surface area contributed by atoms with Crippen LogP contribution in [0.15, 0.2) is 18.2 Å². The van der Waals surface area contributed by atoms with Crippen molar-refractivity contribution < 1.29 is 13.1 Å². The normalized spacial score (nSPS) is 34.7. The molecule has 8 heteroatoms. The van der Waals surface area contributed by atoms with Gasteiger partial charge in [-0.25, -0.2) is 0 Å². The van der Waals surface area contributed by atoms with E-state index in [9.17, 15) is 0 Å². The molecular weight excluding hydrogens is 472 g/mol. The van der Waals surface area contributed by atoms with E-state index in [0.29, 0.717) is 24.2 Å². The summed E-state index contributed by atoms with van der Waals surface area (Å²) in [6.07, 6.45) is 10.4. The fourth-order valence-corrected chi connectivity index (χ4v) is 5.43. The monoisotopic (exact) mass is 510 g/mol. The van der Waals surface area contributed by atoms with E-state index in [1.165, 1.54) is 62.8 Å². The van der Waals surface area contributed by atoms with E-state index in [1.807, 2.05) is 0 Å². The Morgan fingerprint density at radius 3 is 1.55 bits per heavy atom. The third-order valence-electron chi connectivity index (χ3n) is 7.08. The molecule has 0 aromatic carbocycles. The van der Waals surface area contributed by atoms with Crippen LogP contribution >= 0.6 is 20.2 Å². The quantitative estimate of drug-likeness (QED) is 0.385. The summed E-state index contributed by atoms with van der Waals surface area (Å²) in [6.45, 7) is 6.66. The maximum atomic E-state index is 5.06. The van der Waals surface area contributed by atoms with E-state index in [2.05, 4.69) is 53.3 Å². The Bertz CT molecular complexity index is 603. The molecular formula is C23H39Cl2MnN5. The number of halogens is 2. The van der Waals surface area contributed by atoms with Crippen molar-refractivity contribution in [3.05, 3.63) is 29.6 Å². The summed E-state index contributed by atoms with van der Waals surface area (Å²) < 4.78 is 0. The summed E-state index contributed by atoms with van der Waals surface area (Å²) in [7, 11) is 9.59. The Kier molecular flexibility index (Phi) is 11.4. The van der Waals surface area contributed by atoms with Crippen LogP contribution in [-0.2, 0) is 13.1 Å². The molecule has 4 rings (SSSR count). The van der Waals surface area contributed by atoms with Gasteiger partial charge in [0.1, 0.15) is 0 Å². The fourth-order valence-electron chi connectivity index (χ4n) is 5.43. The van der Waals surface area contributed by atoms with E-state index in [1.54, 1.807) is 0 Å². The van der Waals surface area contributed by atoms with Crippen molar-refractivity contribution in [3.8, 4) is 0 Å². The minimum atomic E-state index is 0.00694. The van der Waals surface area contributed by atoms with Gasteiger partial charge in [-0.15, -0.1) is 0 Å². The zero-order valence-corrected chi connectivity index (χ0v) is 21.5. The molecule has 1 aliphatic heterocycles. The van der Waals surface area contributed by atoms with Crippen LogP contribution in [0.3, 0.4) is 0 Å². The molecule has 2 bridgehead atoms. The summed E-state index contributed by atoms with van der Waals surface area (Å²) in [5.74, 6) is 0. The van der Waals surface area contributed by atoms with E-state index >= 15 is 0 Å². The Morgan fingerprint density at radius 1 is 0.742 bits per heavy atom. The van der Waals surface area contributed by atoms with Crippen LogP contribution < -0.4 is 21.3 Å². The molecule has 31 heavy (non-hydrogen) atoms. The molecule has 1 aromatic rings. The van der Waals surface area contributed by atoms with Crippen molar-refractivity contribution in [2.75, 3.05) is 13.1 Å². The molecule has 1 aromatic heterocycles. The van der Waals surface area contributed by atoms with Crippen LogP contribution in [-0.4, -0.2) is 42.2 Å². The van der Waals surface area contributed by atoms with Gasteiger partial charge in [-0.2, -0.15) is 0 Å². The van der Waals surface area contributed by atoms with Gasteiger partial charge in [-0.1, -0.05) is 31.7 Å². The fraction of sp³-hybridized carbons (Fsp3) is 0.783. The van der Waals surface area contributed by atoms with Gasteiger partial charge in [-0.05, 0) is 51.7 Å². The van der Waals surface area contributed by atoms with Gasteiger partial charge < -0.3 is 21.3 Å². The average Bonchev–Trinajstić information content (AvgIpc) is 2.79. The van der Waals surface area contributed by atoms with Crippen LogP contribution in [0.2, 0.25) is 0 Å². The Labute approximate surface area is 203 Å². The number of nitrogens with one attached hydrogen (secondary N) is 4. The average molecular weight is 511 g/mol. The Balaban J connectivity index is 0.000000858. The molecule has 6 atom stereocenters. The van der Waals surface area contributed by atoms with Crippen molar-refractivity contribution in [1.82, 2.24) is 26.3 Å². The first kappa shape index (κ1) is 25.7. The molecule has 3 unspecified atom stereocenters. The Hall–Kier alpha value is 0.0895. The maximum absolute atomic E-state index is 5.06. The predicted octanol–water partition coefficient (Wildman–Crippen LogP) is 4.57. The molecule has 0 radical (unpaired) electrons. The molecule has 177 valence electrons.